The van der Waals surface area contributed by atoms with Crippen LogP contribution in [0.1, 0.15) is 17.5 Å². The molecule has 0 N–H and O–H groups in total. The van der Waals surface area contributed by atoms with Crippen LogP contribution >= 0.6 is 0 Å². The molecule has 2 aromatic heterocycles. The zero-order chi connectivity index (χ0) is 15.7. The Morgan fingerprint density at radius 3 is 2.68 bits per heavy atom. The Balaban J connectivity index is 1.62. The average Bonchev–Trinajstić information content (AvgIpc) is 3.08. The van der Waals surface area contributed by atoms with Crippen molar-refractivity contribution in [2.75, 3.05) is 18.0 Å². The lowest BCUT2D eigenvalue weighted by Gasteiger charge is -2.18. The lowest BCUT2D eigenvalue weighted by molar-refractivity contribution is -0.137. The van der Waals surface area contributed by atoms with E-state index in [0.29, 0.717) is 11.7 Å². The molecule has 1 aliphatic rings. The number of aryl methyl sites for hydroxylation is 1. The second kappa shape index (κ2) is 5.62. The molecule has 0 amide bonds. The molecule has 1 atom stereocenters. The summed E-state index contributed by atoms with van der Waals surface area (Å²) in [6.07, 6.45) is 2.38. The van der Waals surface area contributed by atoms with Gasteiger partial charge in [0.25, 0.3) is 0 Å². The van der Waals surface area contributed by atoms with Crippen LogP contribution in [0.3, 0.4) is 0 Å². The summed E-state index contributed by atoms with van der Waals surface area (Å²) in [5, 5.41) is 4.15. The van der Waals surface area contributed by atoms with Gasteiger partial charge in [0.05, 0.1) is 11.8 Å². The second-order valence-electron chi connectivity index (χ2n) is 5.73. The molecule has 2 aromatic rings. The first-order valence-corrected chi connectivity index (χ1v) is 7.17. The van der Waals surface area contributed by atoms with E-state index in [9.17, 15) is 13.2 Å². The Labute approximate surface area is 126 Å². The first kappa shape index (κ1) is 14.9. The molecule has 4 nitrogen and oxygen atoms in total. The van der Waals surface area contributed by atoms with Gasteiger partial charge in [-0.1, -0.05) is 0 Å². The van der Waals surface area contributed by atoms with Gasteiger partial charge in [-0.3, -0.25) is 4.68 Å². The first-order valence-electron chi connectivity index (χ1n) is 7.17. The highest BCUT2D eigenvalue weighted by Gasteiger charge is 2.31. The summed E-state index contributed by atoms with van der Waals surface area (Å²) in [7, 11) is 1.89. The second-order valence-corrected chi connectivity index (χ2v) is 5.73. The number of hydrogen-bond donors (Lipinski definition) is 0. The van der Waals surface area contributed by atoms with E-state index in [1.165, 1.54) is 11.6 Å². The SMILES string of the molecule is Cn1cc(CC2CCN(c3ccc(C(F)(F)F)cn3)C2)cn1. The van der Waals surface area contributed by atoms with Gasteiger partial charge in [0.15, 0.2) is 0 Å². The van der Waals surface area contributed by atoms with Crippen LogP contribution in [0.5, 0.6) is 0 Å². The van der Waals surface area contributed by atoms with Crippen molar-refractivity contribution < 1.29 is 13.2 Å². The van der Waals surface area contributed by atoms with Gasteiger partial charge < -0.3 is 4.90 Å². The van der Waals surface area contributed by atoms with Gasteiger partial charge in [-0.2, -0.15) is 18.3 Å². The first-order chi connectivity index (χ1) is 10.4. The van der Waals surface area contributed by atoms with Crippen LogP contribution < -0.4 is 4.90 Å². The fraction of sp³-hybridized carbons (Fsp3) is 0.467. The van der Waals surface area contributed by atoms with E-state index in [0.717, 1.165) is 38.2 Å². The molecule has 1 fully saturated rings. The minimum atomic E-state index is -4.33. The van der Waals surface area contributed by atoms with Crippen molar-refractivity contribution in [2.24, 2.45) is 13.0 Å². The third kappa shape index (κ3) is 3.23. The van der Waals surface area contributed by atoms with Crippen LogP contribution in [-0.4, -0.2) is 27.9 Å². The molecule has 1 saturated heterocycles. The maximum atomic E-state index is 12.5. The third-order valence-electron chi connectivity index (χ3n) is 3.97. The fourth-order valence-electron chi connectivity index (χ4n) is 2.86. The van der Waals surface area contributed by atoms with E-state index in [2.05, 4.69) is 10.1 Å². The summed E-state index contributed by atoms with van der Waals surface area (Å²) in [4.78, 5) is 6.01. The zero-order valence-electron chi connectivity index (χ0n) is 12.2. The fourth-order valence-corrected chi connectivity index (χ4v) is 2.86. The van der Waals surface area contributed by atoms with Crippen molar-refractivity contribution in [3.63, 3.8) is 0 Å². The van der Waals surface area contributed by atoms with E-state index < -0.39 is 11.7 Å². The van der Waals surface area contributed by atoms with Gasteiger partial charge in [0, 0.05) is 32.5 Å². The van der Waals surface area contributed by atoms with E-state index >= 15 is 0 Å². The standard InChI is InChI=1S/C15H17F3N4/c1-21-9-12(7-20-21)6-11-4-5-22(10-11)14-3-2-13(8-19-14)15(16,17)18/h2-3,7-9,11H,4-6,10H2,1H3. The molecule has 0 spiro atoms. The molecule has 0 bridgehead atoms. The van der Waals surface area contributed by atoms with Gasteiger partial charge in [0.1, 0.15) is 5.82 Å². The predicted octanol–water partition coefficient (Wildman–Crippen LogP) is 2.90. The normalized spacial score (nSPS) is 18.9. The summed E-state index contributed by atoms with van der Waals surface area (Å²) in [5.74, 6) is 1.09. The number of hydrogen-bond acceptors (Lipinski definition) is 3. The predicted molar refractivity (Wildman–Crippen MR) is 76.5 cm³/mol. The van der Waals surface area contributed by atoms with Gasteiger partial charge in [-0.15, -0.1) is 0 Å². The molecule has 3 rings (SSSR count). The Morgan fingerprint density at radius 2 is 2.09 bits per heavy atom. The summed E-state index contributed by atoms with van der Waals surface area (Å²) in [5.41, 5.74) is 0.483. The lowest BCUT2D eigenvalue weighted by atomic mass is 10.0. The highest BCUT2D eigenvalue weighted by Crippen LogP contribution is 2.30. The van der Waals surface area contributed by atoms with Gasteiger partial charge in [-0.25, -0.2) is 4.98 Å². The van der Waals surface area contributed by atoms with Crippen LogP contribution in [-0.2, 0) is 19.6 Å². The van der Waals surface area contributed by atoms with Crippen LogP contribution in [0.2, 0.25) is 0 Å². The third-order valence-corrected chi connectivity index (χ3v) is 3.97. The summed E-state index contributed by atoms with van der Waals surface area (Å²) >= 11 is 0. The Hall–Kier alpha value is -2.05. The van der Waals surface area contributed by atoms with Crippen molar-refractivity contribution in [3.05, 3.63) is 41.9 Å². The molecule has 3 heterocycles. The number of anilines is 1. The van der Waals surface area contributed by atoms with Crippen molar-refractivity contribution in [1.82, 2.24) is 14.8 Å². The van der Waals surface area contributed by atoms with Crippen molar-refractivity contribution in [3.8, 4) is 0 Å². The molecule has 0 saturated carbocycles. The Morgan fingerprint density at radius 1 is 1.27 bits per heavy atom. The molecule has 22 heavy (non-hydrogen) atoms. The molecule has 0 radical (unpaired) electrons. The minimum absolute atomic E-state index is 0.480. The summed E-state index contributed by atoms with van der Waals surface area (Å²) in [6, 6.07) is 2.55. The Kier molecular flexibility index (Phi) is 3.80. The molecule has 0 aliphatic carbocycles. The largest absolute Gasteiger partial charge is 0.417 e. The van der Waals surface area contributed by atoms with Crippen molar-refractivity contribution >= 4 is 5.82 Å². The average molecular weight is 310 g/mol. The molecular formula is C15H17F3N4. The van der Waals surface area contributed by atoms with Crippen molar-refractivity contribution in [1.29, 1.82) is 0 Å². The van der Waals surface area contributed by atoms with Crippen LogP contribution in [0.25, 0.3) is 0 Å². The van der Waals surface area contributed by atoms with E-state index in [4.69, 9.17) is 0 Å². The maximum absolute atomic E-state index is 12.5. The smallest absolute Gasteiger partial charge is 0.356 e. The summed E-state index contributed by atoms with van der Waals surface area (Å²) in [6.45, 7) is 1.64. The molecule has 1 aliphatic heterocycles. The number of rotatable bonds is 3. The lowest BCUT2D eigenvalue weighted by Crippen LogP contribution is -2.21. The van der Waals surface area contributed by atoms with Gasteiger partial charge in [-0.05, 0) is 36.5 Å². The van der Waals surface area contributed by atoms with E-state index in [1.807, 2.05) is 24.3 Å². The highest BCUT2D eigenvalue weighted by atomic mass is 19.4. The number of alkyl halides is 3. The number of pyridine rings is 1. The molecule has 118 valence electrons. The molecule has 0 aromatic carbocycles. The number of aromatic nitrogens is 3. The van der Waals surface area contributed by atoms with Crippen molar-refractivity contribution in [2.45, 2.75) is 19.0 Å². The number of halogens is 3. The molecule has 1 unspecified atom stereocenters. The monoisotopic (exact) mass is 310 g/mol. The van der Waals surface area contributed by atoms with Crippen LogP contribution in [0.15, 0.2) is 30.7 Å². The molecular weight excluding hydrogens is 293 g/mol. The van der Waals surface area contributed by atoms with E-state index in [-0.39, 0.29) is 0 Å². The van der Waals surface area contributed by atoms with Gasteiger partial charge >= 0.3 is 6.18 Å². The summed E-state index contributed by atoms with van der Waals surface area (Å²) < 4.78 is 39.4. The van der Waals surface area contributed by atoms with Crippen LogP contribution in [0, 0.1) is 5.92 Å². The van der Waals surface area contributed by atoms with Crippen LogP contribution in [0.4, 0.5) is 19.0 Å². The molecule has 7 heteroatoms. The Bertz CT molecular complexity index is 633. The number of nitrogens with zero attached hydrogens (tertiary/aromatic N) is 4. The zero-order valence-corrected chi connectivity index (χ0v) is 12.2. The minimum Gasteiger partial charge on any atom is -0.356 e. The van der Waals surface area contributed by atoms with E-state index in [1.54, 1.807) is 4.68 Å². The topological polar surface area (TPSA) is 34.0 Å². The van der Waals surface area contributed by atoms with Gasteiger partial charge in [0.2, 0.25) is 0 Å². The quantitative estimate of drug-likeness (QED) is 0.874. The maximum Gasteiger partial charge on any atom is 0.417 e. The highest BCUT2D eigenvalue weighted by molar-refractivity contribution is 5.41.